The summed E-state index contributed by atoms with van der Waals surface area (Å²) in [5.74, 6) is 0.644. The first-order chi connectivity index (χ1) is 13.7. The molecule has 28 heavy (non-hydrogen) atoms. The Morgan fingerprint density at radius 3 is 2.71 bits per heavy atom. The van der Waals surface area contributed by atoms with E-state index in [1.54, 1.807) is 25.4 Å². The zero-order chi connectivity index (χ0) is 19.3. The number of benzene rings is 2. The first kappa shape index (κ1) is 17.7. The molecule has 0 saturated carbocycles. The average Bonchev–Trinajstić information content (AvgIpc) is 3.15. The Kier molecular flexibility index (Phi) is 4.97. The molecule has 0 atom stereocenters. The van der Waals surface area contributed by atoms with Crippen molar-refractivity contribution in [1.29, 1.82) is 0 Å². The predicted octanol–water partition coefficient (Wildman–Crippen LogP) is 2.81. The normalized spacial score (nSPS) is 10.8. The van der Waals surface area contributed by atoms with Gasteiger partial charge in [-0.15, -0.1) is 5.10 Å². The van der Waals surface area contributed by atoms with Gasteiger partial charge in [0.05, 0.1) is 31.4 Å². The van der Waals surface area contributed by atoms with Gasteiger partial charge in [-0.3, -0.25) is 9.78 Å². The average molecular weight is 373 g/mol. The number of methoxy groups -OCH3 is 1. The minimum Gasteiger partial charge on any atom is -0.497 e. The van der Waals surface area contributed by atoms with Gasteiger partial charge in [0.1, 0.15) is 11.3 Å². The molecule has 0 aliphatic heterocycles. The number of rotatable bonds is 6. The summed E-state index contributed by atoms with van der Waals surface area (Å²) in [4.78, 5) is 16.6. The maximum absolute atomic E-state index is 12.4. The number of nitrogens with one attached hydrogen (secondary N) is 1. The lowest BCUT2D eigenvalue weighted by Crippen LogP contribution is -2.23. The second-order valence-electron chi connectivity index (χ2n) is 6.30. The van der Waals surface area contributed by atoms with Crippen molar-refractivity contribution in [3.63, 3.8) is 0 Å². The third-order valence-corrected chi connectivity index (χ3v) is 4.42. The summed E-state index contributed by atoms with van der Waals surface area (Å²) in [6.07, 6.45) is 1.70. The van der Waals surface area contributed by atoms with E-state index in [-0.39, 0.29) is 5.91 Å². The Balaban J connectivity index is 1.48. The van der Waals surface area contributed by atoms with Crippen molar-refractivity contribution in [2.45, 2.75) is 13.1 Å². The van der Waals surface area contributed by atoms with Crippen LogP contribution in [0.4, 0.5) is 0 Å². The third-order valence-electron chi connectivity index (χ3n) is 4.42. The largest absolute Gasteiger partial charge is 0.497 e. The lowest BCUT2D eigenvalue weighted by atomic mass is 10.1. The molecule has 1 N–H and O–H groups in total. The van der Waals surface area contributed by atoms with Crippen LogP contribution in [0.2, 0.25) is 0 Å². The van der Waals surface area contributed by atoms with E-state index in [4.69, 9.17) is 4.74 Å². The molecule has 0 aliphatic carbocycles. The number of aromatic nitrogens is 4. The molecule has 2 aromatic heterocycles. The van der Waals surface area contributed by atoms with E-state index in [1.807, 2.05) is 53.2 Å². The van der Waals surface area contributed by atoms with Gasteiger partial charge in [0.2, 0.25) is 0 Å². The SMILES string of the molecule is COc1ccc(Cn2nnc3cc(C(=O)NCc4ccccn4)ccc32)cc1. The van der Waals surface area contributed by atoms with Crippen LogP contribution in [-0.4, -0.2) is 33.0 Å². The molecule has 140 valence electrons. The third kappa shape index (κ3) is 3.83. The monoisotopic (exact) mass is 373 g/mol. The Hall–Kier alpha value is -3.74. The zero-order valence-corrected chi connectivity index (χ0v) is 15.4. The van der Waals surface area contributed by atoms with E-state index in [0.717, 1.165) is 22.5 Å². The number of fused-ring (bicyclic) bond motifs is 1. The topological polar surface area (TPSA) is 81.9 Å². The number of carbonyl (C=O) groups excluding carboxylic acids is 1. The zero-order valence-electron chi connectivity index (χ0n) is 15.4. The van der Waals surface area contributed by atoms with Crippen molar-refractivity contribution in [3.05, 3.63) is 83.7 Å². The highest BCUT2D eigenvalue weighted by molar-refractivity contribution is 5.97. The van der Waals surface area contributed by atoms with Crippen LogP contribution in [0.1, 0.15) is 21.6 Å². The van der Waals surface area contributed by atoms with Crippen LogP contribution in [0.3, 0.4) is 0 Å². The maximum Gasteiger partial charge on any atom is 0.251 e. The Morgan fingerprint density at radius 2 is 1.96 bits per heavy atom. The lowest BCUT2D eigenvalue weighted by Gasteiger charge is -2.06. The molecule has 7 heteroatoms. The van der Waals surface area contributed by atoms with Crippen LogP contribution in [0.25, 0.3) is 11.0 Å². The van der Waals surface area contributed by atoms with E-state index in [9.17, 15) is 4.79 Å². The summed E-state index contributed by atoms with van der Waals surface area (Å²) in [6, 6.07) is 18.8. The summed E-state index contributed by atoms with van der Waals surface area (Å²) in [6.45, 7) is 0.966. The summed E-state index contributed by atoms with van der Waals surface area (Å²) in [7, 11) is 1.64. The van der Waals surface area contributed by atoms with E-state index in [1.165, 1.54) is 0 Å². The number of carbonyl (C=O) groups is 1. The van der Waals surface area contributed by atoms with Gasteiger partial charge >= 0.3 is 0 Å². The van der Waals surface area contributed by atoms with Crippen LogP contribution in [0.5, 0.6) is 5.75 Å². The van der Waals surface area contributed by atoms with Gasteiger partial charge in [0.25, 0.3) is 5.91 Å². The highest BCUT2D eigenvalue weighted by atomic mass is 16.5. The van der Waals surface area contributed by atoms with E-state index >= 15 is 0 Å². The predicted molar refractivity (Wildman–Crippen MR) is 105 cm³/mol. The number of nitrogens with zero attached hydrogens (tertiary/aromatic N) is 4. The van der Waals surface area contributed by atoms with E-state index in [0.29, 0.717) is 24.2 Å². The Bertz CT molecular complexity index is 1090. The molecule has 0 radical (unpaired) electrons. The van der Waals surface area contributed by atoms with Crippen LogP contribution in [0.15, 0.2) is 66.9 Å². The molecule has 7 nitrogen and oxygen atoms in total. The molecule has 4 rings (SSSR count). The summed E-state index contributed by atoms with van der Waals surface area (Å²) in [5.41, 5.74) is 3.99. The number of ether oxygens (including phenoxy) is 1. The van der Waals surface area contributed by atoms with Crippen molar-refractivity contribution < 1.29 is 9.53 Å². The molecule has 0 bridgehead atoms. The number of amides is 1. The quantitative estimate of drug-likeness (QED) is 0.562. The van der Waals surface area contributed by atoms with Crippen LogP contribution >= 0.6 is 0 Å². The molecule has 4 aromatic rings. The van der Waals surface area contributed by atoms with Gasteiger partial charge in [-0.05, 0) is 48.0 Å². The molecule has 0 unspecified atom stereocenters. The molecule has 1 amide bonds. The van der Waals surface area contributed by atoms with Crippen molar-refractivity contribution in [2.24, 2.45) is 0 Å². The van der Waals surface area contributed by atoms with Crippen LogP contribution in [0, 0.1) is 0 Å². The van der Waals surface area contributed by atoms with Crippen molar-refractivity contribution >= 4 is 16.9 Å². The molecule has 2 aromatic carbocycles. The van der Waals surface area contributed by atoms with Gasteiger partial charge in [-0.25, -0.2) is 4.68 Å². The highest BCUT2D eigenvalue weighted by Gasteiger charge is 2.11. The fourth-order valence-electron chi connectivity index (χ4n) is 2.91. The number of hydrogen-bond donors (Lipinski definition) is 1. The second-order valence-corrected chi connectivity index (χ2v) is 6.30. The van der Waals surface area contributed by atoms with Crippen LogP contribution in [-0.2, 0) is 13.1 Å². The first-order valence-corrected chi connectivity index (χ1v) is 8.87. The second kappa shape index (κ2) is 7.87. The molecule has 0 aliphatic rings. The summed E-state index contributed by atoms with van der Waals surface area (Å²) >= 11 is 0. The number of pyridine rings is 1. The minimum absolute atomic E-state index is 0.169. The lowest BCUT2D eigenvalue weighted by molar-refractivity contribution is 0.0950. The molecule has 0 saturated heterocycles. The molecule has 0 spiro atoms. The molecule has 0 fully saturated rings. The summed E-state index contributed by atoms with van der Waals surface area (Å²) in [5, 5.41) is 11.3. The molecular formula is C21H19N5O2. The van der Waals surface area contributed by atoms with Crippen molar-refractivity contribution in [2.75, 3.05) is 7.11 Å². The van der Waals surface area contributed by atoms with Crippen molar-refractivity contribution in [1.82, 2.24) is 25.3 Å². The van der Waals surface area contributed by atoms with Gasteiger partial charge in [-0.2, -0.15) is 0 Å². The Morgan fingerprint density at radius 1 is 1.11 bits per heavy atom. The van der Waals surface area contributed by atoms with Crippen molar-refractivity contribution in [3.8, 4) is 5.75 Å². The molecular weight excluding hydrogens is 354 g/mol. The molecule has 2 heterocycles. The van der Waals surface area contributed by atoms with E-state index in [2.05, 4.69) is 20.6 Å². The van der Waals surface area contributed by atoms with Gasteiger partial charge in [0, 0.05) is 11.8 Å². The number of hydrogen-bond acceptors (Lipinski definition) is 5. The van der Waals surface area contributed by atoms with Crippen LogP contribution < -0.4 is 10.1 Å². The minimum atomic E-state index is -0.169. The smallest absolute Gasteiger partial charge is 0.251 e. The van der Waals surface area contributed by atoms with E-state index < -0.39 is 0 Å². The van der Waals surface area contributed by atoms with Gasteiger partial charge < -0.3 is 10.1 Å². The van der Waals surface area contributed by atoms with Gasteiger partial charge in [0.15, 0.2) is 0 Å². The fourth-order valence-corrected chi connectivity index (χ4v) is 2.91. The first-order valence-electron chi connectivity index (χ1n) is 8.87. The Labute approximate surface area is 162 Å². The standard InChI is InChI=1S/C21H19N5O2/c1-28-18-8-5-15(6-9-18)14-26-20-10-7-16(12-19(20)24-25-26)21(27)23-13-17-4-2-3-11-22-17/h2-12H,13-14H2,1H3,(H,23,27). The maximum atomic E-state index is 12.4. The fraction of sp³-hybridized carbons (Fsp3) is 0.143. The van der Waals surface area contributed by atoms with Gasteiger partial charge in [-0.1, -0.05) is 23.4 Å². The highest BCUT2D eigenvalue weighted by Crippen LogP contribution is 2.17. The summed E-state index contributed by atoms with van der Waals surface area (Å²) < 4.78 is 6.99.